The van der Waals surface area contributed by atoms with E-state index in [1.165, 1.54) is 9.80 Å². The van der Waals surface area contributed by atoms with Crippen molar-refractivity contribution in [3.8, 4) is 0 Å². The number of amides is 2. The predicted molar refractivity (Wildman–Crippen MR) is 72.0 cm³/mol. The normalized spacial score (nSPS) is 14.1. The first-order valence-corrected chi connectivity index (χ1v) is 6.65. The van der Waals surface area contributed by atoms with E-state index in [-0.39, 0.29) is 12.6 Å². The van der Waals surface area contributed by atoms with E-state index in [9.17, 15) is 9.59 Å². The third-order valence-electron chi connectivity index (χ3n) is 3.28. The third kappa shape index (κ3) is 3.97. The largest absolute Gasteiger partial charge is 0.480 e. The highest BCUT2D eigenvalue weighted by Crippen LogP contribution is 2.29. The van der Waals surface area contributed by atoms with Crippen molar-refractivity contribution in [1.82, 2.24) is 19.6 Å². The quantitative estimate of drug-likeness (QED) is 0.834. The number of rotatable bonds is 6. The minimum atomic E-state index is -0.978. The summed E-state index contributed by atoms with van der Waals surface area (Å²) in [7, 11) is 3.49. The van der Waals surface area contributed by atoms with E-state index in [4.69, 9.17) is 5.11 Å². The van der Waals surface area contributed by atoms with Crippen molar-refractivity contribution in [2.24, 2.45) is 13.0 Å². The Kier molecular flexibility index (Phi) is 4.26. The summed E-state index contributed by atoms with van der Waals surface area (Å²) < 4.78 is 1.67. The molecule has 0 unspecified atom stereocenters. The lowest BCUT2D eigenvalue weighted by atomic mass is 10.3. The second-order valence-electron chi connectivity index (χ2n) is 5.38. The summed E-state index contributed by atoms with van der Waals surface area (Å²) in [6.07, 6.45) is 5.70. The Morgan fingerprint density at radius 1 is 1.50 bits per heavy atom. The van der Waals surface area contributed by atoms with Gasteiger partial charge in [0.15, 0.2) is 0 Å². The van der Waals surface area contributed by atoms with Gasteiger partial charge in [-0.15, -0.1) is 0 Å². The molecular weight excluding hydrogens is 260 g/mol. The topological polar surface area (TPSA) is 78.7 Å². The molecule has 20 heavy (non-hydrogen) atoms. The molecule has 0 spiro atoms. The molecule has 1 heterocycles. The van der Waals surface area contributed by atoms with E-state index in [0.29, 0.717) is 19.0 Å². The van der Waals surface area contributed by atoms with Crippen molar-refractivity contribution in [1.29, 1.82) is 0 Å². The summed E-state index contributed by atoms with van der Waals surface area (Å²) in [5, 5.41) is 13.0. The molecule has 0 saturated heterocycles. The second kappa shape index (κ2) is 5.94. The van der Waals surface area contributed by atoms with Crippen molar-refractivity contribution in [2.45, 2.75) is 19.4 Å². The molecule has 0 aliphatic heterocycles. The molecule has 1 saturated carbocycles. The van der Waals surface area contributed by atoms with Crippen LogP contribution in [-0.2, 0) is 18.4 Å². The van der Waals surface area contributed by atoms with Crippen LogP contribution in [0.4, 0.5) is 4.79 Å². The molecule has 1 aromatic rings. The zero-order valence-corrected chi connectivity index (χ0v) is 11.8. The number of carboxylic acid groups (broad SMARTS) is 1. The zero-order chi connectivity index (χ0) is 14.7. The number of carbonyl (C=O) groups is 2. The molecular formula is C13H20N4O3. The number of aliphatic carboxylic acids is 1. The van der Waals surface area contributed by atoms with Gasteiger partial charge in [0.05, 0.1) is 12.7 Å². The summed E-state index contributed by atoms with van der Waals surface area (Å²) in [6, 6.07) is -0.247. The van der Waals surface area contributed by atoms with Gasteiger partial charge in [-0.25, -0.2) is 4.79 Å². The van der Waals surface area contributed by atoms with E-state index in [1.807, 2.05) is 13.2 Å². The molecule has 1 aliphatic rings. The molecule has 1 N–H and O–H groups in total. The van der Waals surface area contributed by atoms with Crippen LogP contribution in [-0.4, -0.2) is 56.8 Å². The standard InChI is InChI=1S/C13H20N4O3/c1-15(6-11-5-14-16(2)7-11)13(20)17(9-12(18)19)8-10-3-4-10/h5,7,10H,3-4,6,8-9H2,1-2H3,(H,18,19). The average molecular weight is 280 g/mol. The summed E-state index contributed by atoms with van der Waals surface area (Å²) in [4.78, 5) is 26.1. The molecule has 2 rings (SSSR count). The van der Waals surface area contributed by atoms with Gasteiger partial charge in [0, 0.05) is 32.4 Å². The maximum atomic E-state index is 12.3. The van der Waals surface area contributed by atoms with Crippen LogP contribution in [0, 0.1) is 5.92 Å². The van der Waals surface area contributed by atoms with Crippen LogP contribution >= 0.6 is 0 Å². The number of carbonyl (C=O) groups excluding carboxylic acids is 1. The maximum absolute atomic E-state index is 12.3. The number of nitrogens with zero attached hydrogens (tertiary/aromatic N) is 4. The fourth-order valence-electron chi connectivity index (χ4n) is 2.12. The number of aryl methyl sites for hydroxylation is 1. The smallest absolute Gasteiger partial charge is 0.323 e. The van der Waals surface area contributed by atoms with Gasteiger partial charge in [-0.2, -0.15) is 5.10 Å². The van der Waals surface area contributed by atoms with Crippen LogP contribution in [0.5, 0.6) is 0 Å². The van der Waals surface area contributed by atoms with Crippen molar-refractivity contribution in [3.05, 3.63) is 18.0 Å². The Morgan fingerprint density at radius 3 is 2.70 bits per heavy atom. The Balaban J connectivity index is 1.95. The lowest BCUT2D eigenvalue weighted by Gasteiger charge is -2.26. The maximum Gasteiger partial charge on any atom is 0.323 e. The molecule has 1 fully saturated rings. The van der Waals surface area contributed by atoms with Gasteiger partial charge < -0.3 is 14.9 Å². The lowest BCUT2D eigenvalue weighted by Crippen LogP contribution is -2.44. The summed E-state index contributed by atoms with van der Waals surface area (Å²) in [5.74, 6) is -0.515. The van der Waals surface area contributed by atoms with Gasteiger partial charge in [-0.1, -0.05) is 0 Å². The highest BCUT2D eigenvalue weighted by molar-refractivity contribution is 5.80. The second-order valence-corrected chi connectivity index (χ2v) is 5.38. The molecule has 7 nitrogen and oxygen atoms in total. The highest BCUT2D eigenvalue weighted by Gasteiger charge is 2.29. The van der Waals surface area contributed by atoms with Crippen molar-refractivity contribution < 1.29 is 14.7 Å². The Labute approximate surface area is 117 Å². The summed E-state index contributed by atoms with van der Waals surface area (Å²) in [6.45, 7) is 0.711. The van der Waals surface area contributed by atoms with Crippen LogP contribution in [0.1, 0.15) is 18.4 Å². The van der Waals surface area contributed by atoms with E-state index in [0.717, 1.165) is 18.4 Å². The van der Waals surface area contributed by atoms with Crippen LogP contribution in [0.25, 0.3) is 0 Å². The molecule has 110 valence electrons. The van der Waals surface area contributed by atoms with Gasteiger partial charge in [0.2, 0.25) is 0 Å². The van der Waals surface area contributed by atoms with Crippen LogP contribution in [0.2, 0.25) is 0 Å². The van der Waals surface area contributed by atoms with E-state index >= 15 is 0 Å². The number of carboxylic acids is 1. The first-order valence-electron chi connectivity index (χ1n) is 6.65. The van der Waals surface area contributed by atoms with Gasteiger partial charge in [-0.05, 0) is 18.8 Å². The fourth-order valence-corrected chi connectivity index (χ4v) is 2.12. The minimum absolute atomic E-state index is 0.243. The first kappa shape index (κ1) is 14.4. The highest BCUT2D eigenvalue weighted by atomic mass is 16.4. The lowest BCUT2D eigenvalue weighted by molar-refractivity contribution is -0.137. The van der Waals surface area contributed by atoms with Crippen LogP contribution in [0.15, 0.2) is 12.4 Å². The molecule has 0 radical (unpaired) electrons. The number of aromatic nitrogens is 2. The molecule has 1 aromatic heterocycles. The molecule has 0 atom stereocenters. The minimum Gasteiger partial charge on any atom is -0.480 e. The number of hydrogen-bond acceptors (Lipinski definition) is 3. The predicted octanol–water partition coefficient (Wildman–Crippen LogP) is 0.768. The Morgan fingerprint density at radius 2 is 2.20 bits per heavy atom. The molecule has 7 heteroatoms. The van der Waals surface area contributed by atoms with Gasteiger partial charge in [0.1, 0.15) is 6.54 Å². The van der Waals surface area contributed by atoms with Crippen molar-refractivity contribution in [3.63, 3.8) is 0 Å². The number of hydrogen-bond donors (Lipinski definition) is 1. The fraction of sp³-hybridized carbons (Fsp3) is 0.615. The van der Waals surface area contributed by atoms with E-state index in [2.05, 4.69) is 5.10 Å². The Bertz CT molecular complexity index is 496. The van der Waals surface area contributed by atoms with E-state index in [1.54, 1.807) is 17.9 Å². The summed E-state index contributed by atoms with van der Waals surface area (Å²) >= 11 is 0. The summed E-state index contributed by atoms with van der Waals surface area (Å²) in [5.41, 5.74) is 0.921. The third-order valence-corrected chi connectivity index (χ3v) is 3.28. The van der Waals surface area contributed by atoms with Crippen LogP contribution < -0.4 is 0 Å². The molecule has 1 aliphatic carbocycles. The first-order chi connectivity index (χ1) is 9.45. The average Bonchev–Trinajstić information content (AvgIpc) is 3.09. The van der Waals surface area contributed by atoms with E-state index < -0.39 is 5.97 Å². The SMILES string of the molecule is CN(Cc1cnn(C)c1)C(=O)N(CC(=O)O)CC1CC1. The van der Waals surface area contributed by atoms with Crippen LogP contribution in [0.3, 0.4) is 0 Å². The monoisotopic (exact) mass is 280 g/mol. The zero-order valence-electron chi connectivity index (χ0n) is 11.8. The van der Waals surface area contributed by atoms with Gasteiger partial charge >= 0.3 is 12.0 Å². The number of urea groups is 1. The van der Waals surface area contributed by atoms with Gasteiger partial charge in [0.25, 0.3) is 0 Å². The van der Waals surface area contributed by atoms with Crippen molar-refractivity contribution >= 4 is 12.0 Å². The Hall–Kier alpha value is -2.05. The molecule has 2 amide bonds. The molecule has 0 aromatic carbocycles. The van der Waals surface area contributed by atoms with Crippen molar-refractivity contribution in [2.75, 3.05) is 20.1 Å². The van der Waals surface area contributed by atoms with Gasteiger partial charge in [-0.3, -0.25) is 9.48 Å². The molecule has 0 bridgehead atoms.